The molecule has 2 rings (SSSR count). The van der Waals surface area contributed by atoms with E-state index in [4.69, 9.17) is 10.5 Å². The summed E-state index contributed by atoms with van der Waals surface area (Å²) in [7, 11) is 0. The largest absolute Gasteiger partial charge is 0.493 e. The van der Waals surface area contributed by atoms with Crippen molar-refractivity contribution in [3.8, 4) is 5.75 Å². The molecule has 0 spiro atoms. The van der Waals surface area contributed by atoms with Crippen molar-refractivity contribution in [1.82, 2.24) is 4.98 Å². The van der Waals surface area contributed by atoms with E-state index < -0.39 is 0 Å². The fraction of sp³-hybridized carbons (Fsp3) is 0.231. The lowest BCUT2D eigenvalue weighted by Gasteiger charge is -2.07. The average molecular weight is 277 g/mol. The first-order valence-electron chi connectivity index (χ1n) is 5.86. The molecule has 0 fully saturated rings. The number of aromatic nitrogens is 1. The van der Waals surface area contributed by atoms with Crippen molar-refractivity contribution in [1.29, 1.82) is 0 Å². The maximum absolute atomic E-state index is 10.6. The van der Waals surface area contributed by atoms with E-state index >= 15 is 0 Å². The van der Waals surface area contributed by atoms with Gasteiger partial charge in [-0.1, -0.05) is 0 Å². The minimum absolute atomic E-state index is 0.226. The Balaban J connectivity index is 1.79. The van der Waals surface area contributed by atoms with Crippen LogP contribution in [0.2, 0.25) is 0 Å². The summed E-state index contributed by atoms with van der Waals surface area (Å²) in [6.07, 6.45) is 0.226. The zero-order valence-corrected chi connectivity index (χ0v) is 11.2. The average Bonchev–Trinajstić information content (AvgIpc) is 2.90. The van der Waals surface area contributed by atoms with Crippen LogP contribution in [0.15, 0.2) is 35.2 Å². The van der Waals surface area contributed by atoms with Gasteiger partial charge in [0, 0.05) is 11.1 Å². The summed E-state index contributed by atoms with van der Waals surface area (Å²) < 4.78 is 5.38. The zero-order chi connectivity index (χ0) is 13.5. The molecule has 0 aliphatic rings. The van der Waals surface area contributed by atoms with Gasteiger partial charge in [-0.2, -0.15) is 0 Å². The fourth-order valence-electron chi connectivity index (χ4n) is 1.46. The van der Waals surface area contributed by atoms with E-state index in [9.17, 15) is 4.79 Å². The number of amides is 1. The van der Waals surface area contributed by atoms with Gasteiger partial charge in [0.2, 0.25) is 5.91 Å². The van der Waals surface area contributed by atoms with Crippen molar-refractivity contribution in [2.24, 2.45) is 5.73 Å². The predicted molar refractivity (Wildman–Crippen MR) is 75.2 cm³/mol. The first kappa shape index (κ1) is 13.4. The number of hydrogen-bond acceptors (Lipinski definition) is 5. The molecular formula is C13H15N3O2S. The van der Waals surface area contributed by atoms with Crippen LogP contribution in [-0.2, 0) is 11.3 Å². The van der Waals surface area contributed by atoms with E-state index in [-0.39, 0.29) is 12.3 Å². The van der Waals surface area contributed by atoms with Crippen LogP contribution in [0.1, 0.15) is 12.1 Å². The molecule has 5 nitrogen and oxygen atoms in total. The maximum atomic E-state index is 10.6. The number of nitrogens with zero attached hydrogens (tertiary/aromatic N) is 1. The molecule has 0 aliphatic carbocycles. The molecule has 0 atom stereocenters. The normalized spacial score (nSPS) is 10.1. The number of nitrogens with one attached hydrogen (secondary N) is 1. The third-order valence-electron chi connectivity index (χ3n) is 2.43. The van der Waals surface area contributed by atoms with E-state index in [2.05, 4.69) is 10.3 Å². The first-order valence-corrected chi connectivity index (χ1v) is 6.80. The number of primary amides is 1. The highest BCUT2D eigenvalue weighted by atomic mass is 32.1. The Labute approximate surface area is 115 Å². The van der Waals surface area contributed by atoms with Crippen molar-refractivity contribution < 1.29 is 9.53 Å². The van der Waals surface area contributed by atoms with Crippen molar-refractivity contribution in [2.45, 2.75) is 13.0 Å². The summed E-state index contributed by atoms with van der Waals surface area (Å²) in [5.74, 6) is 0.363. The van der Waals surface area contributed by atoms with Gasteiger partial charge in [0.15, 0.2) is 0 Å². The Morgan fingerprint density at radius 3 is 2.79 bits per heavy atom. The molecule has 0 saturated carbocycles. The molecule has 0 unspecified atom stereocenters. The van der Waals surface area contributed by atoms with Crippen molar-refractivity contribution in [3.63, 3.8) is 0 Å². The van der Waals surface area contributed by atoms with Gasteiger partial charge in [-0.25, -0.2) is 4.98 Å². The lowest BCUT2D eigenvalue weighted by atomic mass is 10.3. The molecule has 2 aromatic rings. The Hall–Kier alpha value is -2.08. The molecule has 0 radical (unpaired) electrons. The van der Waals surface area contributed by atoms with Gasteiger partial charge in [0.25, 0.3) is 0 Å². The van der Waals surface area contributed by atoms with Gasteiger partial charge < -0.3 is 15.8 Å². The molecule has 0 aliphatic heterocycles. The quantitative estimate of drug-likeness (QED) is 0.811. The second kappa shape index (κ2) is 6.75. The monoisotopic (exact) mass is 277 g/mol. The van der Waals surface area contributed by atoms with Crippen molar-refractivity contribution in [2.75, 3.05) is 11.9 Å². The standard InChI is InChI=1S/C13H15N3O2S/c14-13(17)5-6-18-12-3-1-10(2-4-12)15-7-11-8-19-9-16-11/h1-4,8-9,15H,5-7H2,(H2,14,17). The molecule has 0 bridgehead atoms. The molecule has 1 aromatic carbocycles. The van der Waals surface area contributed by atoms with E-state index in [1.807, 2.05) is 35.2 Å². The number of ether oxygens (including phenoxy) is 1. The second-order valence-electron chi connectivity index (χ2n) is 3.92. The second-order valence-corrected chi connectivity index (χ2v) is 4.64. The van der Waals surface area contributed by atoms with Gasteiger partial charge in [0.1, 0.15) is 5.75 Å². The van der Waals surface area contributed by atoms with Crippen molar-refractivity contribution in [3.05, 3.63) is 40.8 Å². The highest BCUT2D eigenvalue weighted by Gasteiger charge is 1.99. The van der Waals surface area contributed by atoms with E-state index in [1.165, 1.54) is 0 Å². The van der Waals surface area contributed by atoms with Crippen LogP contribution in [-0.4, -0.2) is 17.5 Å². The maximum Gasteiger partial charge on any atom is 0.220 e. The summed E-state index contributed by atoms with van der Waals surface area (Å²) in [5.41, 5.74) is 8.86. The Kier molecular flexibility index (Phi) is 4.74. The van der Waals surface area contributed by atoms with E-state index in [1.54, 1.807) is 11.3 Å². The number of rotatable bonds is 7. The molecular weight excluding hydrogens is 262 g/mol. The van der Waals surface area contributed by atoms with Gasteiger partial charge in [0.05, 0.1) is 30.8 Å². The van der Waals surface area contributed by atoms with Crippen LogP contribution in [0.5, 0.6) is 5.75 Å². The van der Waals surface area contributed by atoms with E-state index in [0.29, 0.717) is 13.2 Å². The van der Waals surface area contributed by atoms with Gasteiger partial charge in [-0.15, -0.1) is 11.3 Å². The first-order chi connectivity index (χ1) is 9.24. The highest BCUT2D eigenvalue weighted by Crippen LogP contribution is 2.16. The number of thiazole rings is 1. The molecule has 19 heavy (non-hydrogen) atoms. The van der Waals surface area contributed by atoms with E-state index in [0.717, 1.165) is 17.1 Å². The molecule has 1 amide bonds. The zero-order valence-electron chi connectivity index (χ0n) is 10.3. The van der Waals surface area contributed by atoms with Crippen LogP contribution in [0, 0.1) is 0 Å². The third kappa shape index (κ3) is 4.59. The summed E-state index contributed by atoms with van der Waals surface area (Å²) in [6.45, 7) is 1.01. The lowest BCUT2D eigenvalue weighted by Crippen LogP contribution is -2.14. The number of benzene rings is 1. The smallest absolute Gasteiger partial charge is 0.220 e. The molecule has 0 saturated heterocycles. The van der Waals surface area contributed by atoms with Crippen LogP contribution in [0.4, 0.5) is 5.69 Å². The third-order valence-corrected chi connectivity index (χ3v) is 3.06. The molecule has 1 heterocycles. The minimum Gasteiger partial charge on any atom is -0.493 e. The Bertz CT molecular complexity index is 511. The molecule has 100 valence electrons. The summed E-state index contributed by atoms with van der Waals surface area (Å²) in [4.78, 5) is 14.8. The minimum atomic E-state index is -0.360. The highest BCUT2D eigenvalue weighted by molar-refractivity contribution is 7.07. The molecule has 6 heteroatoms. The van der Waals surface area contributed by atoms with Crippen molar-refractivity contribution >= 4 is 22.9 Å². The lowest BCUT2D eigenvalue weighted by molar-refractivity contribution is -0.118. The van der Waals surface area contributed by atoms with Gasteiger partial charge >= 0.3 is 0 Å². The number of nitrogens with two attached hydrogens (primary N) is 1. The fourth-order valence-corrected chi connectivity index (χ4v) is 2.01. The van der Waals surface area contributed by atoms with Crippen LogP contribution < -0.4 is 15.8 Å². The molecule has 3 N–H and O–H groups in total. The topological polar surface area (TPSA) is 77.2 Å². The summed E-state index contributed by atoms with van der Waals surface area (Å²) >= 11 is 1.58. The van der Waals surface area contributed by atoms with Crippen LogP contribution in [0.25, 0.3) is 0 Å². The summed E-state index contributed by atoms with van der Waals surface area (Å²) in [5, 5.41) is 5.27. The van der Waals surface area contributed by atoms with Gasteiger partial charge in [-0.05, 0) is 24.3 Å². The number of carbonyl (C=O) groups excluding carboxylic acids is 1. The Morgan fingerprint density at radius 1 is 1.37 bits per heavy atom. The predicted octanol–water partition coefficient (Wildman–Crippen LogP) is 2.01. The van der Waals surface area contributed by atoms with Gasteiger partial charge in [-0.3, -0.25) is 4.79 Å². The Morgan fingerprint density at radius 2 is 2.16 bits per heavy atom. The number of anilines is 1. The van der Waals surface area contributed by atoms with Crippen LogP contribution >= 0.6 is 11.3 Å². The van der Waals surface area contributed by atoms with Crippen LogP contribution in [0.3, 0.4) is 0 Å². The number of carbonyl (C=O) groups is 1. The summed E-state index contributed by atoms with van der Waals surface area (Å²) in [6, 6.07) is 7.55. The molecule has 1 aromatic heterocycles. The SMILES string of the molecule is NC(=O)CCOc1ccc(NCc2cscn2)cc1. The number of hydrogen-bond donors (Lipinski definition) is 2.